The number of hydrogen-bond donors (Lipinski definition) is 0. The second-order valence-electron chi connectivity index (χ2n) is 7.10. The molecule has 0 atom stereocenters. The predicted molar refractivity (Wildman–Crippen MR) is 139 cm³/mol. The van der Waals surface area contributed by atoms with Crippen LogP contribution in [0.2, 0.25) is 0 Å². The van der Waals surface area contributed by atoms with Gasteiger partial charge >= 0.3 is 0 Å². The Morgan fingerprint density at radius 1 is 0.812 bits per heavy atom. The zero-order valence-corrected chi connectivity index (χ0v) is 21.1. The molecule has 0 radical (unpaired) electrons. The molecule has 0 heterocycles. The van der Waals surface area contributed by atoms with E-state index in [-0.39, 0.29) is 21.7 Å². The van der Waals surface area contributed by atoms with Crippen LogP contribution in [0.1, 0.15) is 19.8 Å². The van der Waals surface area contributed by atoms with Gasteiger partial charge < -0.3 is 0 Å². The van der Waals surface area contributed by atoms with Crippen molar-refractivity contribution in [3.8, 4) is 0 Å². The van der Waals surface area contributed by atoms with Crippen molar-refractivity contribution >= 4 is 23.0 Å². The molecule has 1 nitrogen and oxygen atoms in total. The summed E-state index contributed by atoms with van der Waals surface area (Å²) in [5.74, 6) is 0. The summed E-state index contributed by atoms with van der Waals surface area (Å²) in [5.41, 5.74) is 1.16. The maximum atomic E-state index is 5.43. The predicted octanol–water partition coefficient (Wildman–Crippen LogP) is 7.14. The maximum absolute atomic E-state index is 5.43. The van der Waals surface area contributed by atoms with Crippen LogP contribution in [0.25, 0.3) is 0 Å². The number of rotatable bonds is 6. The molecule has 32 heavy (non-hydrogen) atoms. The minimum atomic E-state index is -2.09. The summed E-state index contributed by atoms with van der Waals surface area (Å²) < 4.78 is 5.43. The van der Waals surface area contributed by atoms with E-state index < -0.39 is 7.05 Å². The van der Waals surface area contributed by atoms with Crippen molar-refractivity contribution in [3.05, 3.63) is 140 Å². The number of nitrogens with zero attached hydrogens (tertiary/aromatic N) is 1. The smallest absolute Gasteiger partial charge is 0.0608 e. The molecule has 0 unspecified atom stereocenters. The van der Waals surface area contributed by atoms with E-state index in [1.807, 2.05) is 6.08 Å². The average molecular weight is 471 g/mol. The minimum Gasteiger partial charge on any atom is -0.258 e. The van der Waals surface area contributed by atoms with Crippen molar-refractivity contribution in [2.75, 3.05) is 0 Å². The van der Waals surface area contributed by atoms with Crippen molar-refractivity contribution in [3.63, 3.8) is 0 Å². The Morgan fingerprint density at radius 3 is 1.59 bits per heavy atom. The fourth-order valence-corrected chi connectivity index (χ4v) is 7.07. The van der Waals surface area contributed by atoms with Crippen LogP contribution in [-0.4, -0.2) is 0 Å². The summed E-state index contributed by atoms with van der Waals surface area (Å²) in [7, 11) is -2.09. The van der Waals surface area contributed by atoms with Gasteiger partial charge in [0.25, 0.3) is 0 Å². The van der Waals surface area contributed by atoms with Gasteiger partial charge in [0.05, 0.1) is 7.05 Å². The van der Waals surface area contributed by atoms with E-state index in [0.29, 0.717) is 0 Å². The minimum absolute atomic E-state index is 0. The van der Waals surface area contributed by atoms with E-state index in [9.17, 15) is 0 Å². The molecule has 0 fully saturated rings. The van der Waals surface area contributed by atoms with Crippen LogP contribution < -0.4 is 15.9 Å². The average Bonchev–Trinajstić information content (AvgIpc) is 3.36. The first-order valence-corrected chi connectivity index (χ1v) is 12.5. The normalized spacial score (nSPS) is 12.3. The van der Waals surface area contributed by atoms with Crippen LogP contribution in [0.5, 0.6) is 0 Å². The maximum Gasteiger partial charge on any atom is 0.0608 e. The summed E-state index contributed by atoms with van der Waals surface area (Å²) in [5, 5.41) is 3.88. The SMILES string of the molecule is C1=CCC(N=P(c2ccccc2)(c2ccccc2)c2ccccc2)=C1.C=CC=CCC.[Ti]. The van der Waals surface area contributed by atoms with Gasteiger partial charge in [-0.25, -0.2) is 0 Å². The van der Waals surface area contributed by atoms with E-state index in [0.717, 1.165) is 18.5 Å². The second-order valence-corrected chi connectivity index (χ2v) is 10.1. The van der Waals surface area contributed by atoms with E-state index in [1.54, 1.807) is 6.08 Å². The molecule has 3 heteroatoms. The van der Waals surface area contributed by atoms with Crippen molar-refractivity contribution in [1.29, 1.82) is 0 Å². The van der Waals surface area contributed by atoms with Gasteiger partial charge in [-0.2, -0.15) is 0 Å². The second kappa shape index (κ2) is 13.9. The van der Waals surface area contributed by atoms with Crippen LogP contribution in [0.3, 0.4) is 0 Å². The van der Waals surface area contributed by atoms with Crippen molar-refractivity contribution in [2.24, 2.45) is 4.74 Å². The zero-order chi connectivity index (χ0) is 21.8. The molecular weight excluding hydrogens is 441 g/mol. The fourth-order valence-electron chi connectivity index (χ4n) is 3.49. The number of allylic oxidation sites excluding steroid dienone is 6. The Kier molecular flexibility index (Phi) is 11.2. The van der Waals surface area contributed by atoms with Crippen molar-refractivity contribution in [2.45, 2.75) is 19.8 Å². The van der Waals surface area contributed by atoms with Gasteiger partial charge in [0.1, 0.15) is 0 Å². The van der Waals surface area contributed by atoms with Gasteiger partial charge in [-0.15, -0.1) is 0 Å². The summed E-state index contributed by atoms with van der Waals surface area (Å²) >= 11 is 0. The Hall–Kier alpha value is -2.44. The van der Waals surface area contributed by atoms with Crippen molar-refractivity contribution in [1.82, 2.24) is 0 Å². The molecule has 1 aliphatic rings. The Labute approximate surface area is 208 Å². The van der Waals surface area contributed by atoms with Crippen LogP contribution in [-0.2, 0) is 21.7 Å². The van der Waals surface area contributed by atoms with Crippen LogP contribution in [0, 0.1) is 0 Å². The molecule has 160 valence electrons. The molecular formula is C29H30NPTi. The third-order valence-electron chi connectivity index (χ3n) is 4.93. The third kappa shape index (κ3) is 6.53. The first kappa shape index (κ1) is 25.8. The van der Waals surface area contributed by atoms with E-state index in [4.69, 9.17) is 4.74 Å². The monoisotopic (exact) mass is 471 g/mol. The van der Waals surface area contributed by atoms with Crippen LogP contribution >= 0.6 is 7.05 Å². The molecule has 0 aliphatic heterocycles. The first-order chi connectivity index (χ1) is 15.3. The molecule has 0 spiro atoms. The van der Waals surface area contributed by atoms with Crippen LogP contribution in [0.15, 0.2) is 144 Å². The van der Waals surface area contributed by atoms with E-state index in [1.165, 1.54) is 15.9 Å². The standard InChI is InChI=1S/C23H20NP.C6H10.Ti/c1-4-14-21(15-5-1)25(22-16-6-2-7-17-22,23-18-8-3-9-19-23)24-20-12-10-11-13-20;1-3-5-6-4-2;/h1-12,14-19H,13H2;3,5-6H,1,4H2,2H3;. The molecule has 0 N–H and O–H groups in total. The van der Waals surface area contributed by atoms with Gasteiger partial charge in [-0.1, -0.05) is 135 Å². The zero-order valence-electron chi connectivity index (χ0n) is 18.6. The third-order valence-corrected chi connectivity index (χ3v) is 8.62. The van der Waals surface area contributed by atoms with Crippen LogP contribution in [0.4, 0.5) is 0 Å². The molecule has 1 aliphatic carbocycles. The van der Waals surface area contributed by atoms with Gasteiger partial charge in [0, 0.05) is 49.7 Å². The van der Waals surface area contributed by atoms with Crippen molar-refractivity contribution < 1.29 is 21.7 Å². The molecule has 0 saturated heterocycles. The molecule has 4 rings (SSSR count). The number of benzene rings is 3. The summed E-state index contributed by atoms with van der Waals surface area (Å²) in [6, 6.07) is 32.3. The Morgan fingerprint density at radius 2 is 1.28 bits per heavy atom. The summed E-state index contributed by atoms with van der Waals surface area (Å²) in [6.07, 6.45) is 14.2. The van der Waals surface area contributed by atoms with E-state index >= 15 is 0 Å². The Balaban J connectivity index is 0.000000461. The topological polar surface area (TPSA) is 12.4 Å². The molecule has 3 aromatic rings. The first-order valence-electron chi connectivity index (χ1n) is 10.7. The summed E-state index contributed by atoms with van der Waals surface area (Å²) in [4.78, 5) is 0. The largest absolute Gasteiger partial charge is 0.258 e. The quantitative estimate of drug-likeness (QED) is 0.206. The molecule has 0 amide bonds. The Bertz CT molecular complexity index is 994. The number of hydrogen-bond acceptors (Lipinski definition) is 1. The molecule has 3 aromatic carbocycles. The van der Waals surface area contributed by atoms with Gasteiger partial charge in [0.2, 0.25) is 0 Å². The summed E-state index contributed by atoms with van der Waals surface area (Å²) in [6.45, 7) is 5.61. The molecule has 0 bridgehead atoms. The van der Waals surface area contributed by atoms with Gasteiger partial charge in [0.15, 0.2) is 0 Å². The van der Waals surface area contributed by atoms with Gasteiger partial charge in [-0.05, 0) is 12.5 Å². The fraction of sp³-hybridized carbons (Fsp3) is 0.103. The van der Waals surface area contributed by atoms with E-state index in [2.05, 4.69) is 129 Å². The molecule has 0 saturated carbocycles. The molecule has 0 aromatic heterocycles. The van der Waals surface area contributed by atoms with Gasteiger partial charge in [-0.3, -0.25) is 4.74 Å².